The van der Waals surface area contributed by atoms with E-state index in [1.54, 1.807) is 23.2 Å². The Kier molecular flexibility index (Phi) is 9.69. The number of hydrogen-bond acceptors (Lipinski definition) is 8. The van der Waals surface area contributed by atoms with E-state index >= 15 is 0 Å². The maximum Gasteiger partial charge on any atom is 0.277 e. The monoisotopic (exact) mass is 715 g/mol. The summed E-state index contributed by atoms with van der Waals surface area (Å²) < 4.78 is 8.86. The Morgan fingerprint density at radius 1 is 1.04 bits per heavy atom. The van der Waals surface area contributed by atoms with Crippen LogP contribution in [-0.4, -0.2) is 74.0 Å². The highest BCUT2D eigenvalue weighted by Gasteiger charge is 2.31. The van der Waals surface area contributed by atoms with Crippen LogP contribution in [0.15, 0.2) is 65.6 Å². The van der Waals surface area contributed by atoms with Crippen LogP contribution < -0.4 is 20.9 Å². The quantitative estimate of drug-likeness (QED) is 0.176. The van der Waals surface area contributed by atoms with Gasteiger partial charge in [0.25, 0.3) is 5.56 Å². The van der Waals surface area contributed by atoms with Crippen molar-refractivity contribution in [1.29, 1.82) is 0 Å². The van der Waals surface area contributed by atoms with Crippen LogP contribution in [0.25, 0.3) is 39.0 Å². The minimum absolute atomic E-state index is 0.0933. The number of nitrogens with zero attached hydrogens (tertiary/aromatic N) is 5. The molecule has 11 nitrogen and oxygen atoms in total. The normalized spacial score (nSPS) is 17.2. The predicted molar refractivity (Wildman–Crippen MR) is 194 cm³/mol. The van der Waals surface area contributed by atoms with Crippen LogP contribution in [0.5, 0.6) is 5.88 Å². The van der Waals surface area contributed by atoms with Gasteiger partial charge in [-0.1, -0.05) is 65.7 Å². The van der Waals surface area contributed by atoms with E-state index in [0.29, 0.717) is 59.0 Å². The van der Waals surface area contributed by atoms with Crippen molar-refractivity contribution in [3.63, 3.8) is 0 Å². The molecule has 13 heteroatoms. The summed E-state index contributed by atoms with van der Waals surface area (Å²) in [5, 5.41) is 22.0. The molecule has 0 radical (unpaired) electrons. The fourth-order valence-electron chi connectivity index (χ4n) is 6.75. The minimum atomic E-state index is -0.352. The maximum absolute atomic E-state index is 13.4. The van der Waals surface area contributed by atoms with Crippen molar-refractivity contribution in [2.75, 3.05) is 26.7 Å². The smallest absolute Gasteiger partial charge is 0.277 e. The van der Waals surface area contributed by atoms with E-state index < -0.39 is 0 Å². The highest BCUT2D eigenvalue weighted by atomic mass is 35.5. The lowest BCUT2D eigenvalue weighted by molar-refractivity contribution is -0.119. The van der Waals surface area contributed by atoms with E-state index in [2.05, 4.69) is 15.5 Å². The molecule has 3 N–H and O–H groups in total. The fraction of sp³-hybridized carbons (Fsp3) is 0.351. The Balaban J connectivity index is 1.14. The van der Waals surface area contributed by atoms with Crippen molar-refractivity contribution in [3.8, 4) is 39.4 Å². The molecule has 7 rings (SSSR count). The molecular formula is C37H39Cl2N7O4. The molecule has 5 heterocycles. The zero-order chi connectivity index (χ0) is 35.1. The topological polar surface area (TPSA) is 126 Å². The number of rotatable bonds is 11. The molecule has 2 fully saturated rings. The molecule has 260 valence electrons. The van der Waals surface area contributed by atoms with Crippen molar-refractivity contribution in [2.45, 2.75) is 45.0 Å². The van der Waals surface area contributed by atoms with Crippen LogP contribution >= 0.6 is 23.2 Å². The van der Waals surface area contributed by atoms with Crippen molar-refractivity contribution >= 4 is 34.6 Å². The number of pyridine rings is 1. The van der Waals surface area contributed by atoms with Gasteiger partial charge in [0, 0.05) is 91.2 Å². The van der Waals surface area contributed by atoms with Gasteiger partial charge in [0.2, 0.25) is 11.8 Å². The standard InChI is InChI=1S/C37H39Cl2N7O4/c1-21(47)24-17-45(18-24)20-32-43-46-19-23(14-31(46)37(49)44(32)2)26-6-4-7-27(34(26)38)28-8-5-9-29(35(28)39)30-12-10-22(36(42-30)50-3)15-40-16-25-11-13-33(48)41-25/h4-10,12,14,19,21,24-25,40,47H,11,13,15-18,20H2,1-3H3,(H,41,48)/t21?,25-/m0/s1. The zero-order valence-electron chi connectivity index (χ0n) is 28.1. The Hall–Kier alpha value is -4.26. The molecule has 2 aliphatic rings. The lowest BCUT2D eigenvalue weighted by atomic mass is 9.95. The number of amides is 1. The van der Waals surface area contributed by atoms with Crippen LogP contribution in [0.4, 0.5) is 0 Å². The van der Waals surface area contributed by atoms with Gasteiger partial charge in [-0.15, -0.1) is 0 Å². The number of carbonyl (C=O) groups is 1. The fourth-order valence-corrected chi connectivity index (χ4v) is 7.41. The Morgan fingerprint density at radius 2 is 1.74 bits per heavy atom. The largest absolute Gasteiger partial charge is 0.481 e. The summed E-state index contributed by atoms with van der Waals surface area (Å²) in [6.45, 7) is 5.08. The van der Waals surface area contributed by atoms with Gasteiger partial charge >= 0.3 is 0 Å². The van der Waals surface area contributed by atoms with Crippen LogP contribution in [0, 0.1) is 5.92 Å². The number of benzene rings is 2. The number of fused-ring (bicyclic) bond motifs is 1. The molecule has 2 atom stereocenters. The first-order valence-corrected chi connectivity index (χ1v) is 17.5. The highest BCUT2D eigenvalue weighted by molar-refractivity contribution is 6.39. The van der Waals surface area contributed by atoms with E-state index in [-0.39, 0.29) is 29.5 Å². The van der Waals surface area contributed by atoms with Gasteiger partial charge < -0.3 is 20.5 Å². The van der Waals surface area contributed by atoms with Crippen molar-refractivity contribution in [1.82, 2.24) is 34.7 Å². The first-order chi connectivity index (χ1) is 24.1. The third-order valence-corrected chi connectivity index (χ3v) is 10.6. The van der Waals surface area contributed by atoms with E-state index in [1.165, 1.54) is 0 Å². The number of halogens is 2. The average molecular weight is 717 g/mol. The summed E-state index contributed by atoms with van der Waals surface area (Å²) in [4.78, 5) is 31.9. The van der Waals surface area contributed by atoms with Gasteiger partial charge in [0.1, 0.15) is 11.3 Å². The Morgan fingerprint density at radius 3 is 2.42 bits per heavy atom. The number of hydrogen-bond donors (Lipinski definition) is 3. The molecule has 3 aromatic heterocycles. The van der Waals surface area contributed by atoms with Gasteiger partial charge in [0.15, 0.2) is 0 Å². The second-order valence-corrected chi connectivity index (χ2v) is 13.9. The second kappa shape index (κ2) is 14.2. The van der Waals surface area contributed by atoms with E-state index in [9.17, 15) is 14.7 Å². The lowest BCUT2D eigenvalue weighted by Gasteiger charge is -2.40. The number of likely N-dealkylation sites (tertiary alicyclic amines) is 1. The molecule has 0 aliphatic carbocycles. The highest BCUT2D eigenvalue weighted by Crippen LogP contribution is 2.42. The number of carbonyl (C=O) groups excluding carboxylic acids is 1. The van der Waals surface area contributed by atoms with Crippen molar-refractivity contribution < 1.29 is 14.6 Å². The molecule has 1 unspecified atom stereocenters. The number of aliphatic hydroxyl groups excluding tert-OH is 1. The van der Waals surface area contributed by atoms with E-state index in [1.807, 2.05) is 67.7 Å². The van der Waals surface area contributed by atoms with Crippen LogP contribution in [-0.2, 0) is 24.9 Å². The number of methoxy groups -OCH3 is 1. The van der Waals surface area contributed by atoms with Crippen molar-refractivity contribution in [3.05, 3.63) is 92.6 Å². The Labute approximate surface area is 299 Å². The summed E-state index contributed by atoms with van der Waals surface area (Å²) in [7, 11) is 3.33. The molecule has 0 spiro atoms. The molecule has 0 saturated carbocycles. The summed E-state index contributed by atoms with van der Waals surface area (Å²) in [5.41, 5.74) is 5.57. The third kappa shape index (κ3) is 6.63. The number of aromatic nitrogens is 4. The summed E-state index contributed by atoms with van der Waals surface area (Å²) in [6, 6.07) is 17.3. The van der Waals surface area contributed by atoms with Gasteiger partial charge in [-0.05, 0) is 25.5 Å². The van der Waals surface area contributed by atoms with Gasteiger partial charge in [-0.25, -0.2) is 9.50 Å². The first kappa shape index (κ1) is 34.2. The minimum Gasteiger partial charge on any atom is -0.481 e. The predicted octanol–water partition coefficient (Wildman–Crippen LogP) is 4.93. The average Bonchev–Trinajstić information content (AvgIpc) is 3.71. The molecular weight excluding hydrogens is 677 g/mol. The molecule has 50 heavy (non-hydrogen) atoms. The van der Waals surface area contributed by atoms with Crippen molar-refractivity contribution in [2.24, 2.45) is 13.0 Å². The lowest BCUT2D eigenvalue weighted by Crippen LogP contribution is -2.51. The first-order valence-electron chi connectivity index (χ1n) is 16.7. The summed E-state index contributed by atoms with van der Waals surface area (Å²) >= 11 is 14.2. The third-order valence-electron chi connectivity index (χ3n) is 9.77. The SMILES string of the molecule is COc1nc(-c2cccc(-c3cccc(-c4cc5c(=O)n(C)c(CN6CC(C(C)O)C6)nn5c4)c3Cl)c2Cl)ccc1CNC[C@@H]1CCC(=O)N1. The molecule has 0 bridgehead atoms. The molecule has 2 aliphatic heterocycles. The second-order valence-electron chi connectivity index (χ2n) is 13.2. The Bertz CT molecular complexity index is 2140. The van der Waals surface area contributed by atoms with Crippen LogP contribution in [0.1, 0.15) is 31.2 Å². The summed E-state index contributed by atoms with van der Waals surface area (Å²) in [6.07, 6.45) is 2.87. The molecule has 2 saturated heterocycles. The molecule has 1 amide bonds. The molecule has 5 aromatic rings. The number of ether oxygens (including phenoxy) is 1. The van der Waals surface area contributed by atoms with Gasteiger partial charge in [0.05, 0.1) is 35.5 Å². The molecule has 2 aromatic carbocycles. The van der Waals surface area contributed by atoms with Crippen LogP contribution in [0.2, 0.25) is 10.0 Å². The number of aliphatic hydroxyl groups is 1. The van der Waals surface area contributed by atoms with E-state index in [4.69, 9.17) is 38.0 Å². The zero-order valence-corrected chi connectivity index (χ0v) is 29.6. The summed E-state index contributed by atoms with van der Waals surface area (Å²) in [5.74, 6) is 1.47. The van der Waals surface area contributed by atoms with Gasteiger partial charge in [-0.2, -0.15) is 5.10 Å². The van der Waals surface area contributed by atoms with E-state index in [0.717, 1.165) is 52.9 Å². The van der Waals surface area contributed by atoms with Crippen LogP contribution in [0.3, 0.4) is 0 Å². The van der Waals surface area contributed by atoms with Gasteiger partial charge in [-0.3, -0.25) is 19.1 Å². The number of nitrogens with one attached hydrogen (secondary N) is 2. The maximum atomic E-state index is 13.4.